The fraction of sp³-hybridized carbons (Fsp3) is 0.0755. The Morgan fingerprint density at radius 2 is 0.966 bits per heavy atom. The molecule has 286 valence electrons. The summed E-state index contributed by atoms with van der Waals surface area (Å²) in [5.41, 5.74) is 12.2. The highest BCUT2D eigenvalue weighted by Crippen LogP contribution is 2.38. The molecule has 1 fully saturated rings. The van der Waals surface area contributed by atoms with Gasteiger partial charge in [-0.15, -0.1) is 0 Å². The van der Waals surface area contributed by atoms with Gasteiger partial charge < -0.3 is 9.80 Å². The molecule has 0 aliphatic carbocycles. The lowest BCUT2D eigenvalue weighted by Gasteiger charge is -2.27. The maximum Gasteiger partial charge on any atom is 0.329 e. The molecule has 5 heteroatoms. The molecule has 1 aliphatic rings. The Hall–Kier alpha value is -7.37. The molecule has 0 bridgehead atoms. The summed E-state index contributed by atoms with van der Waals surface area (Å²) in [4.78, 5) is 22.1. The molecule has 58 heavy (non-hydrogen) atoms. The van der Waals surface area contributed by atoms with E-state index in [1.165, 1.54) is 5.56 Å². The number of urea groups is 1. The lowest BCUT2D eigenvalue weighted by atomic mass is 10.0. The summed E-state index contributed by atoms with van der Waals surface area (Å²) in [7, 11) is 0. The zero-order chi connectivity index (χ0) is 40.3. The van der Waals surface area contributed by atoms with Crippen LogP contribution in [0, 0.1) is 0 Å². The number of nitrogens with zero attached hydrogens (tertiary/aromatic N) is 4. The van der Waals surface area contributed by atoms with Gasteiger partial charge in [0, 0.05) is 58.6 Å². The first kappa shape index (κ1) is 38.9. The Bertz CT molecular complexity index is 2440. The van der Waals surface area contributed by atoms with Gasteiger partial charge in [-0.25, -0.2) is 4.79 Å². The Morgan fingerprint density at radius 3 is 1.48 bits per heavy atom. The zero-order valence-electron chi connectivity index (χ0n) is 33.2. The molecule has 1 heterocycles. The molecular formula is C53H48N4O. The molecule has 2 amide bonds. The third-order valence-corrected chi connectivity index (χ3v) is 10.2. The number of rotatable bonds is 14. The van der Waals surface area contributed by atoms with Crippen LogP contribution in [0.2, 0.25) is 0 Å². The van der Waals surface area contributed by atoms with Crippen molar-refractivity contribution in [2.75, 3.05) is 32.7 Å². The minimum Gasteiger partial charge on any atom is -0.311 e. The highest BCUT2D eigenvalue weighted by atomic mass is 16.2. The third-order valence-electron chi connectivity index (χ3n) is 10.2. The Labute approximate surface area is 343 Å². The van der Waals surface area contributed by atoms with Crippen molar-refractivity contribution in [1.29, 1.82) is 0 Å². The molecule has 0 aromatic heterocycles. The van der Waals surface area contributed by atoms with Crippen molar-refractivity contribution < 1.29 is 4.79 Å². The molecule has 6 aromatic rings. The molecule has 0 radical (unpaired) electrons. The van der Waals surface area contributed by atoms with E-state index in [0.717, 1.165) is 62.2 Å². The number of carbonyl (C=O) groups excluding carboxylic acids is 1. The Balaban J connectivity index is 1.11. The summed E-state index contributed by atoms with van der Waals surface area (Å²) in [6.07, 6.45) is 15.9. The van der Waals surface area contributed by atoms with E-state index in [4.69, 9.17) is 0 Å². The van der Waals surface area contributed by atoms with Crippen molar-refractivity contribution in [3.63, 3.8) is 0 Å². The average Bonchev–Trinajstić information content (AvgIpc) is 3.67. The number of para-hydroxylation sites is 1. The van der Waals surface area contributed by atoms with E-state index in [-0.39, 0.29) is 6.03 Å². The Kier molecular flexibility index (Phi) is 12.4. The number of allylic oxidation sites excluding steroid dienone is 9. The summed E-state index contributed by atoms with van der Waals surface area (Å²) >= 11 is 0. The number of hydrogen-bond donors (Lipinski definition) is 0. The fourth-order valence-corrected chi connectivity index (χ4v) is 7.20. The predicted octanol–water partition coefficient (Wildman–Crippen LogP) is 14.2. The van der Waals surface area contributed by atoms with Gasteiger partial charge in [-0.05, 0) is 133 Å². The largest absolute Gasteiger partial charge is 0.329 e. The maximum atomic E-state index is 14.0. The molecule has 0 atom stereocenters. The third kappa shape index (κ3) is 8.54. The van der Waals surface area contributed by atoms with E-state index >= 15 is 0 Å². The van der Waals surface area contributed by atoms with Gasteiger partial charge in [0.2, 0.25) is 0 Å². The first-order valence-corrected chi connectivity index (χ1v) is 19.6. The normalized spacial score (nSPS) is 13.4. The molecule has 0 N–H and O–H groups in total. The number of amides is 2. The van der Waals surface area contributed by atoms with Gasteiger partial charge in [0.05, 0.1) is 0 Å². The maximum absolute atomic E-state index is 14.0. The van der Waals surface area contributed by atoms with Crippen LogP contribution in [0.3, 0.4) is 0 Å². The van der Waals surface area contributed by atoms with Crippen LogP contribution < -0.4 is 19.6 Å². The quantitative estimate of drug-likeness (QED) is 0.104. The van der Waals surface area contributed by atoms with Gasteiger partial charge in [0.25, 0.3) is 0 Å². The molecule has 0 saturated carbocycles. The van der Waals surface area contributed by atoms with Crippen molar-refractivity contribution in [3.8, 4) is 11.1 Å². The van der Waals surface area contributed by atoms with Crippen molar-refractivity contribution in [2.45, 2.75) is 13.8 Å². The minimum atomic E-state index is -0.0480. The van der Waals surface area contributed by atoms with Crippen LogP contribution in [-0.4, -0.2) is 19.1 Å². The second-order valence-corrected chi connectivity index (χ2v) is 13.8. The average molecular weight is 757 g/mol. The number of hydrogen-bond acceptors (Lipinski definition) is 3. The van der Waals surface area contributed by atoms with Crippen molar-refractivity contribution in [1.82, 2.24) is 0 Å². The van der Waals surface area contributed by atoms with E-state index < -0.39 is 0 Å². The topological polar surface area (TPSA) is 30.0 Å². The van der Waals surface area contributed by atoms with Crippen LogP contribution in [0.1, 0.15) is 19.4 Å². The molecule has 6 aromatic carbocycles. The lowest BCUT2D eigenvalue weighted by Crippen LogP contribution is -2.31. The molecule has 0 unspecified atom stereocenters. The first-order valence-electron chi connectivity index (χ1n) is 19.6. The van der Waals surface area contributed by atoms with Crippen molar-refractivity contribution in [2.24, 2.45) is 0 Å². The van der Waals surface area contributed by atoms with E-state index in [0.29, 0.717) is 13.1 Å². The van der Waals surface area contributed by atoms with Gasteiger partial charge in [-0.2, -0.15) is 0 Å². The predicted molar refractivity (Wildman–Crippen MR) is 248 cm³/mol. The molecule has 7 rings (SSSR count). The van der Waals surface area contributed by atoms with E-state index in [2.05, 4.69) is 144 Å². The van der Waals surface area contributed by atoms with E-state index in [1.54, 1.807) is 0 Å². The highest BCUT2D eigenvalue weighted by Gasteiger charge is 2.31. The summed E-state index contributed by atoms with van der Waals surface area (Å²) in [5, 5.41) is 0. The van der Waals surface area contributed by atoms with Gasteiger partial charge in [0.15, 0.2) is 0 Å². The van der Waals surface area contributed by atoms with Crippen LogP contribution >= 0.6 is 0 Å². The van der Waals surface area contributed by atoms with E-state index in [1.807, 2.05) is 109 Å². The summed E-state index contributed by atoms with van der Waals surface area (Å²) in [5.74, 6) is 0. The number of anilines is 7. The number of carbonyl (C=O) groups is 1. The summed E-state index contributed by atoms with van der Waals surface area (Å²) in [6.45, 7) is 13.3. The van der Waals surface area contributed by atoms with Crippen LogP contribution in [0.25, 0.3) is 16.7 Å². The minimum absolute atomic E-state index is 0.0480. The molecule has 0 spiro atoms. The molecular weight excluding hydrogens is 709 g/mol. The summed E-state index contributed by atoms with van der Waals surface area (Å²) < 4.78 is 0. The van der Waals surface area contributed by atoms with Gasteiger partial charge in [-0.1, -0.05) is 122 Å². The van der Waals surface area contributed by atoms with Gasteiger partial charge in [0.1, 0.15) is 0 Å². The van der Waals surface area contributed by atoms with Crippen molar-refractivity contribution >= 4 is 51.4 Å². The van der Waals surface area contributed by atoms with Gasteiger partial charge in [-0.3, -0.25) is 9.80 Å². The van der Waals surface area contributed by atoms with Crippen LogP contribution in [0.15, 0.2) is 225 Å². The lowest BCUT2D eigenvalue weighted by molar-refractivity contribution is 0.256. The summed E-state index contributed by atoms with van der Waals surface area (Å²) in [6, 6.07) is 54.2. The van der Waals surface area contributed by atoms with Crippen LogP contribution in [0.4, 0.5) is 44.6 Å². The standard InChI is InChI=1S/C53H48N4O/c1-5-9-17-41(7-3)43-23-27-50(28-24-43)57(48-21-15-12-16-22-48)52-37-33-47(34-38-52)55-40-39-54(53(55)58)46-31-35-51(36-32-46)56(45(8-4)20-10-6-2)49-29-25-44(26-30-49)42-18-13-11-14-19-42/h5-38H,3-4,39-40H2,1-2H3/b9-5-,10-6-,41-17+,45-20+. The second-order valence-electron chi connectivity index (χ2n) is 13.8. The molecule has 1 saturated heterocycles. The molecule has 1 aliphatic heterocycles. The van der Waals surface area contributed by atoms with E-state index in [9.17, 15) is 4.79 Å². The Morgan fingerprint density at radius 1 is 0.517 bits per heavy atom. The first-order chi connectivity index (χ1) is 28.5. The smallest absolute Gasteiger partial charge is 0.311 e. The van der Waals surface area contributed by atoms with Crippen molar-refractivity contribution in [3.05, 3.63) is 231 Å². The second kappa shape index (κ2) is 18.5. The monoisotopic (exact) mass is 756 g/mol. The molecule has 5 nitrogen and oxygen atoms in total. The van der Waals surface area contributed by atoms with Gasteiger partial charge >= 0.3 is 6.03 Å². The SMILES string of the molecule is C=C/C(=C\C=C/C)c1ccc(N(c2ccccc2)c2ccc(N3CCN(c4ccc(N(/C(C=C)=C/C=C\C)c5ccc(-c6ccccc6)cc5)cc4)C3=O)cc2)cc1. The zero-order valence-corrected chi connectivity index (χ0v) is 33.2. The fourth-order valence-electron chi connectivity index (χ4n) is 7.20. The van der Waals surface area contributed by atoms with Crippen LogP contribution in [-0.2, 0) is 0 Å². The van der Waals surface area contributed by atoms with Crippen LogP contribution in [0.5, 0.6) is 0 Å². The number of benzene rings is 6. The highest BCUT2D eigenvalue weighted by molar-refractivity contribution is 6.06.